The molecule has 0 radical (unpaired) electrons. The molecule has 3 N–H and O–H groups in total. The van der Waals surface area contributed by atoms with Crippen LogP contribution in [0.15, 0.2) is 29.2 Å². The Hall–Kier alpha value is -2.95. The number of carbonyl (C=O) groups excluding carboxylic acids is 3. The van der Waals surface area contributed by atoms with Gasteiger partial charge in [0.25, 0.3) is 15.9 Å². The number of nitrogens with one attached hydrogen (secondary N) is 2. The number of carboxylic acids is 1. The molecule has 1 heterocycles. The highest BCUT2D eigenvalue weighted by Crippen LogP contribution is 2.29. The van der Waals surface area contributed by atoms with Crippen molar-refractivity contribution in [2.75, 3.05) is 13.1 Å². The highest BCUT2D eigenvalue weighted by Gasteiger charge is 2.42. The Balaban J connectivity index is 2.11. The molecule has 0 fully saturated rings. The lowest BCUT2D eigenvalue weighted by Crippen LogP contribution is -2.53. The van der Waals surface area contributed by atoms with Gasteiger partial charge in [-0.2, -0.15) is 0 Å². The first-order valence-electron chi connectivity index (χ1n) is 8.00. The molecule has 1 aromatic carbocycles. The van der Waals surface area contributed by atoms with Crippen molar-refractivity contribution in [1.82, 2.24) is 14.9 Å². The van der Waals surface area contributed by atoms with Gasteiger partial charge < -0.3 is 15.7 Å². The maximum Gasteiger partial charge on any atom is 0.322 e. The van der Waals surface area contributed by atoms with Crippen molar-refractivity contribution >= 4 is 33.7 Å². The summed E-state index contributed by atoms with van der Waals surface area (Å²) in [6.45, 7) is 1.84. The Bertz CT molecular complexity index is 895. The smallest absolute Gasteiger partial charge is 0.322 e. The molecule has 11 heteroatoms. The number of sulfonamides is 1. The molecule has 146 valence electrons. The molecule has 0 saturated heterocycles. The number of nitrogens with zero attached hydrogens (tertiary/aromatic N) is 1. The summed E-state index contributed by atoms with van der Waals surface area (Å²) >= 11 is 0. The molecular formula is C16H19N3O7S. The van der Waals surface area contributed by atoms with Crippen LogP contribution in [0, 0.1) is 5.92 Å². The van der Waals surface area contributed by atoms with Gasteiger partial charge in [-0.15, -0.1) is 0 Å². The van der Waals surface area contributed by atoms with Gasteiger partial charge in [0, 0.05) is 0 Å². The first-order valence-corrected chi connectivity index (χ1v) is 9.44. The van der Waals surface area contributed by atoms with Gasteiger partial charge in [-0.1, -0.05) is 26.0 Å². The molecular weight excluding hydrogens is 378 g/mol. The fraction of sp³-hybridized carbons (Fsp3) is 0.375. The van der Waals surface area contributed by atoms with Crippen LogP contribution in [0.25, 0.3) is 0 Å². The van der Waals surface area contributed by atoms with E-state index in [0.717, 1.165) is 0 Å². The largest absolute Gasteiger partial charge is 0.480 e. The summed E-state index contributed by atoms with van der Waals surface area (Å²) in [5.41, 5.74) is -0.0232. The number of hydrogen-bond donors (Lipinski definition) is 3. The number of carbonyl (C=O) groups is 4. The lowest BCUT2D eigenvalue weighted by atomic mass is 10.0. The summed E-state index contributed by atoms with van der Waals surface area (Å²) in [5.74, 6) is -4.05. The Morgan fingerprint density at radius 3 is 2.37 bits per heavy atom. The van der Waals surface area contributed by atoms with Crippen LogP contribution in [0.2, 0.25) is 0 Å². The van der Waals surface area contributed by atoms with Crippen molar-refractivity contribution in [3.63, 3.8) is 0 Å². The fourth-order valence-electron chi connectivity index (χ4n) is 2.54. The van der Waals surface area contributed by atoms with E-state index in [2.05, 4.69) is 10.6 Å². The van der Waals surface area contributed by atoms with Gasteiger partial charge in [-0.25, -0.2) is 12.7 Å². The zero-order chi connectivity index (χ0) is 20.4. The van der Waals surface area contributed by atoms with Gasteiger partial charge >= 0.3 is 5.97 Å². The number of benzene rings is 1. The van der Waals surface area contributed by atoms with Crippen molar-refractivity contribution in [3.05, 3.63) is 29.8 Å². The summed E-state index contributed by atoms with van der Waals surface area (Å²) in [7, 11) is -4.14. The van der Waals surface area contributed by atoms with E-state index in [1.807, 2.05) is 0 Å². The number of carboxylic acid groups (broad SMARTS) is 1. The summed E-state index contributed by atoms with van der Waals surface area (Å²) in [5, 5.41) is 13.1. The van der Waals surface area contributed by atoms with Crippen LogP contribution in [0.1, 0.15) is 24.2 Å². The van der Waals surface area contributed by atoms with Crippen LogP contribution in [-0.4, -0.2) is 60.7 Å². The molecule has 0 bridgehead atoms. The second-order valence-electron chi connectivity index (χ2n) is 6.21. The van der Waals surface area contributed by atoms with E-state index in [1.54, 1.807) is 13.8 Å². The Morgan fingerprint density at radius 2 is 1.81 bits per heavy atom. The number of amides is 3. The van der Waals surface area contributed by atoms with Crippen LogP contribution in [-0.2, 0) is 24.4 Å². The van der Waals surface area contributed by atoms with Crippen LogP contribution in [0.5, 0.6) is 0 Å². The van der Waals surface area contributed by atoms with Gasteiger partial charge in [0.05, 0.1) is 5.56 Å². The minimum absolute atomic E-state index is 0.0232. The standard InChI is InChI=1S/C16H19N3O7S/c1-9(2)14(15(23)17-7-13(21)22)18-12(20)8-19-16(24)10-5-3-4-6-11(10)27(19,25)26/h3-6,9,14H,7-8H2,1-2H3,(H,17,23)(H,18,20)(H,21,22). The topological polar surface area (TPSA) is 150 Å². The Kier molecular flexibility index (Phi) is 5.84. The molecule has 2 rings (SSSR count). The molecule has 1 unspecified atom stereocenters. The van der Waals surface area contributed by atoms with Crippen molar-refractivity contribution in [2.24, 2.45) is 5.92 Å². The highest BCUT2D eigenvalue weighted by molar-refractivity contribution is 7.90. The monoisotopic (exact) mass is 397 g/mol. The third kappa shape index (κ3) is 4.25. The van der Waals surface area contributed by atoms with Crippen molar-refractivity contribution in [3.8, 4) is 0 Å². The van der Waals surface area contributed by atoms with Gasteiger partial charge in [0.15, 0.2) is 0 Å². The number of rotatable bonds is 7. The molecule has 3 amide bonds. The number of fused-ring (bicyclic) bond motifs is 1. The second-order valence-corrected chi connectivity index (χ2v) is 8.04. The molecule has 1 atom stereocenters. The summed E-state index contributed by atoms with van der Waals surface area (Å²) in [4.78, 5) is 47.0. The number of aliphatic carboxylic acids is 1. The molecule has 1 aliphatic heterocycles. The SMILES string of the molecule is CC(C)C(NC(=O)CN1C(=O)c2ccccc2S1(=O)=O)C(=O)NCC(=O)O. The number of hydrogen-bond acceptors (Lipinski definition) is 6. The lowest BCUT2D eigenvalue weighted by molar-refractivity contribution is -0.138. The first-order chi connectivity index (χ1) is 12.6. The van der Waals surface area contributed by atoms with E-state index in [4.69, 9.17) is 5.11 Å². The van der Waals surface area contributed by atoms with Gasteiger partial charge in [-0.05, 0) is 18.1 Å². The minimum atomic E-state index is -4.14. The van der Waals surface area contributed by atoms with E-state index >= 15 is 0 Å². The second kappa shape index (κ2) is 7.74. The zero-order valence-corrected chi connectivity index (χ0v) is 15.4. The highest BCUT2D eigenvalue weighted by atomic mass is 32.2. The Morgan fingerprint density at radius 1 is 1.19 bits per heavy atom. The molecule has 0 aromatic heterocycles. The first kappa shape index (κ1) is 20.4. The summed E-state index contributed by atoms with van der Waals surface area (Å²) in [6.07, 6.45) is 0. The van der Waals surface area contributed by atoms with E-state index < -0.39 is 58.8 Å². The molecule has 1 aliphatic rings. The zero-order valence-electron chi connectivity index (χ0n) is 14.6. The van der Waals surface area contributed by atoms with E-state index in [9.17, 15) is 27.6 Å². The van der Waals surface area contributed by atoms with E-state index in [1.165, 1.54) is 24.3 Å². The third-order valence-corrected chi connectivity index (χ3v) is 5.67. The maximum absolute atomic E-state index is 12.4. The summed E-state index contributed by atoms with van der Waals surface area (Å²) in [6, 6.07) is 4.52. The average molecular weight is 397 g/mol. The van der Waals surface area contributed by atoms with Gasteiger partial charge in [0.1, 0.15) is 24.0 Å². The fourth-order valence-corrected chi connectivity index (χ4v) is 4.07. The predicted octanol–water partition coefficient (Wildman–Crippen LogP) is -0.827. The molecule has 10 nitrogen and oxygen atoms in total. The lowest BCUT2D eigenvalue weighted by Gasteiger charge is -2.22. The molecule has 27 heavy (non-hydrogen) atoms. The van der Waals surface area contributed by atoms with Crippen LogP contribution < -0.4 is 10.6 Å². The quantitative estimate of drug-likeness (QED) is 0.543. The average Bonchev–Trinajstić information content (AvgIpc) is 2.78. The molecule has 0 saturated carbocycles. The molecule has 0 aliphatic carbocycles. The molecule has 1 aromatic rings. The van der Waals surface area contributed by atoms with Gasteiger partial charge in [-0.3, -0.25) is 19.2 Å². The van der Waals surface area contributed by atoms with Crippen LogP contribution in [0.3, 0.4) is 0 Å². The summed E-state index contributed by atoms with van der Waals surface area (Å²) < 4.78 is 25.3. The van der Waals surface area contributed by atoms with Crippen molar-refractivity contribution < 1.29 is 32.7 Å². The van der Waals surface area contributed by atoms with E-state index in [0.29, 0.717) is 4.31 Å². The van der Waals surface area contributed by atoms with Crippen molar-refractivity contribution in [2.45, 2.75) is 24.8 Å². The van der Waals surface area contributed by atoms with Crippen LogP contribution in [0.4, 0.5) is 0 Å². The van der Waals surface area contributed by atoms with Crippen LogP contribution >= 0.6 is 0 Å². The minimum Gasteiger partial charge on any atom is -0.480 e. The van der Waals surface area contributed by atoms with E-state index in [-0.39, 0.29) is 10.5 Å². The predicted molar refractivity (Wildman–Crippen MR) is 92.1 cm³/mol. The maximum atomic E-state index is 12.4. The third-order valence-electron chi connectivity index (χ3n) is 3.88. The van der Waals surface area contributed by atoms with Gasteiger partial charge in [0.2, 0.25) is 11.8 Å². The normalized spacial score (nSPS) is 16.0. The Labute approximate surface area is 155 Å². The van der Waals surface area contributed by atoms with Crippen molar-refractivity contribution in [1.29, 1.82) is 0 Å². The molecule has 0 spiro atoms.